The van der Waals surface area contributed by atoms with Gasteiger partial charge in [0, 0.05) is 23.4 Å². The zero-order valence-corrected chi connectivity index (χ0v) is 10.9. The van der Waals surface area contributed by atoms with Gasteiger partial charge in [-0.2, -0.15) is 13.2 Å². The van der Waals surface area contributed by atoms with Crippen molar-refractivity contribution >= 4 is 11.3 Å². The van der Waals surface area contributed by atoms with Gasteiger partial charge < -0.3 is 5.32 Å². The Balaban J connectivity index is 2.23. The van der Waals surface area contributed by atoms with E-state index in [1.165, 1.54) is 4.88 Å². The molecule has 1 rings (SSSR count). The summed E-state index contributed by atoms with van der Waals surface area (Å²) in [6, 6.07) is 4.32. The lowest BCUT2D eigenvalue weighted by atomic mass is 10.1. The minimum absolute atomic E-state index is 0.106. The average Bonchev–Trinajstić information content (AvgIpc) is 2.67. The SMILES string of the molecule is CC(CCCC(F)(F)F)N[C@H](C)c1cccs1. The molecular formula is C12H18F3NS. The Hall–Kier alpha value is -0.550. The zero-order chi connectivity index (χ0) is 12.9. The molecule has 1 N–H and O–H groups in total. The Bertz CT molecular complexity index is 308. The molecule has 5 heteroatoms. The Morgan fingerprint density at radius 3 is 2.59 bits per heavy atom. The molecule has 0 bridgehead atoms. The van der Waals surface area contributed by atoms with Gasteiger partial charge in [0.2, 0.25) is 0 Å². The van der Waals surface area contributed by atoms with Crippen LogP contribution in [0.3, 0.4) is 0 Å². The highest BCUT2D eigenvalue weighted by molar-refractivity contribution is 7.10. The van der Waals surface area contributed by atoms with Crippen molar-refractivity contribution in [3.63, 3.8) is 0 Å². The van der Waals surface area contributed by atoms with Gasteiger partial charge in [0.1, 0.15) is 0 Å². The van der Waals surface area contributed by atoms with Crippen LogP contribution >= 0.6 is 11.3 Å². The molecule has 1 nitrogen and oxygen atoms in total. The third kappa shape index (κ3) is 6.07. The molecule has 0 spiro atoms. The number of thiophene rings is 1. The predicted molar refractivity (Wildman–Crippen MR) is 65.2 cm³/mol. The quantitative estimate of drug-likeness (QED) is 0.797. The summed E-state index contributed by atoms with van der Waals surface area (Å²) >= 11 is 1.66. The van der Waals surface area contributed by atoms with Gasteiger partial charge in [-0.1, -0.05) is 6.07 Å². The van der Waals surface area contributed by atoms with E-state index in [0.29, 0.717) is 6.42 Å². The predicted octanol–water partition coefficient (Wildman–Crippen LogP) is 4.52. The second kappa shape index (κ2) is 6.40. The molecule has 0 radical (unpaired) electrons. The summed E-state index contributed by atoms with van der Waals surface area (Å²) in [7, 11) is 0. The topological polar surface area (TPSA) is 12.0 Å². The molecule has 98 valence electrons. The van der Waals surface area contributed by atoms with Crippen molar-refractivity contribution in [1.82, 2.24) is 5.32 Å². The van der Waals surface area contributed by atoms with E-state index in [4.69, 9.17) is 0 Å². The molecule has 1 unspecified atom stereocenters. The van der Waals surface area contributed by atoms with Gasteiger partial charge in [0.05, 0.1) is 0 Å². The fraction of sp³-hybridized carbons (Fsp3) is 0.667. The first-order valence-corrected chi connectivity index (χ1v) is 6.62. The lowest BCUT2D eigenvalue weighted by molar-refractivity contribution is -0.135. The summed E-state index contributed by atoms with van der Waals surface area (Å²) in [5.41, 5.74) is 0. The highest BCUT2D eigenvalue weighted by atomic mass is 32.1. The van der Waals surface area contributed by atoms with Crippen LogP contribution in [0.4, 0.5) is 13.2 Å². The largest absolute Gasteiger partial charge is 0.389 e. The Labute approximate surface area is 104 Å². The lowest BCUT2D eigenvalue weighted by Gasteiger charge is -2.19. The first-order chi connectivity index (χ1) is 7.88. The van der Waals surface area contributed by atoms with E-state index in [-0.39, 0.29) is 18.5 Å². The zero-order valence-electron chi connectivity index (χ0n) is 10.1. The van der Waals surface area contributed by atoms with Crippen molar-refractivity contribution in [2.45, 2.75) is 51.4 Å². The third-order valence-electron chi connectivity index (χ3n) is 2.60. The molecule has 0 aliphatic carbocycles. The van der Waals surface area contributed by atoms with Crippen molar-refractivity contribution in [3.8, 4) is 0 Å². The molecule has 0 fully saturated rings. The van der Waals surface area contributed by atoms with Crippen LogP contribution in [0.5, 0.6) is 0 Å². The first kappa shape index (κ1) is 14.5. The van der Waals surface area contributed by atoms with E-state index >= 15 is 0 Å². The van der Waals surface area contributed by atoms with E-state index in [0.717, 1.165) is 0 Å². The molecule has 0 saturated carbocycles. The van der Waals surface area contributed by atoms with E-state index < -0.39 is 12.6 Å². The van der Waals surface area contributed by atoms with Gasteiger partial charge in [-0.3, -0.25) is 0 Å². The second-order valence-electron chi connectivity index (χ2n) is 4.31. The number of alkyl halides is 3. The van der Waals surface area contributed by atoms with Crippen molar-refractivity contribution in [2.24, 2.45) is 0 Å². The van der Waals surface area contributed by atoms with Gasteiger partial charge >= 0.3 is 6.18 Å². The van der Waals surface area contributed by atoms with Crippen LogP contribution < -0.4 is 5.32 Å². The van der Waals surface area contributed by atoms with E-state index in [1.807, 2.05) is 31.4 Å². The van der Waals surface area contributed by atoms with Gasteiger partial charge in [-0.15, -0.1) is 11.3 Å². The van der Waals surface area contributed by atoms with Gasteiger partial charge in [-0.25, -0.2) is 0 Å². The standard InChI is InChI=1S/C12H18F3NS/c1-9(5-3-7-12(13,14)15)16-10(2)11-6-4-8-17-11/h4,6,8-10,16H,3,5,7H2,1-2H3/t9?,10-/m1/s1. The fourth-order valence-electron chi connectivity index (χ4n) is 1.74. The summed E-state index contributed by atoms with van der Waals surface area (Å²) in [4.78, 5) is 1.22. The monoisotopic (exact) mass is 265 g/mol. The molecule has 2 atom stereocenters. The van der Waals surface area contributed by atoms with Crippen LogP contribution in [0.2, 0.25) is 0 Å². The first-order valence-electron chi connectivity index (χ1n) is 5.74. The lowest BCUT2D eigenvalue weighted by Crippen LogP contribution is -2.28. The van der Waals surface area contributed by atoms with Crippen molar-refractivity contribution in [2.75, 3.05) is 0 Å². The van der Waals surface area contributed by atoms with E-state index in [1.54, 1.807) is 11.3 Å². The van der Waals surface area contributed by atoms with Crippen LogP contribution in [0, 0.1) is 0 Å². The van der Waals surface area contributed by atoms with Crippen molar-refractivity contribution in [3.05, 3.63) is 22.4 Å². The Morgan fingerprint density at radius 2 is 2.06 bits per heavy atom. The Morgan fingerprint density at radius 1 is 1.35 bits per heavy atom. The highest BCUT2D eigenvalue weighted by Crippen LogP contribution is 2.23. The second-order valence-corrected chi connectivity index (χ2v) is 5.29. The minimum atomic E-state index is -4.03. The van der Waals surface area contributed by atoms with Crippen molar-refractivity contribution in [1.29, 1.82) is 0 Å². The van der Waals surface area contributed by atoms with Gasteiger partial charge in [0.25, 0.3) is 0 Å². The van der Waals surface area contributed by atoms with Crippen LogP contribution in [0.15, 0.2) is 17.5 Å². The minimum Gasteiger partial charge on any atom is -0.307 e. The summed E-state index contributed by atoms with van der Waals surface area (Å²) in [5, 5.41) is 5.31. The highest BCUT2D eigenvalue weighted by Gasteiger charge is 2.26. The summed E-state index contributed by atoms with van der Waals surface area (Å²) in [6.45, 7) is 3.96. The number of hydrogen-bond donors (Lipinski definition) is 1. The maximum atomic E-state index is 12.0. The molecule has 17 heavy (non-hydrogen) atoms. The van der Waals surface area contributed by atoms with Gasteiger partial charge in [0.15, 0.2) is 0 Å². The van der Waals surface area contributed by atoms with E-state index in [9.17, 15) is 13.2 Å². The molecule has 0 saturated heterocycles. The smallest absolute Gasteiger partial charge is 0.307 e. The molecule has 1 heterocycles. The molecule has 0 amide bonds. The number of nitrogens with one attached hydrogen (secondary N) is 1. The summed E-state index contributed by atoms with van der Waals surface area (Å²) in [6.07, 6.45) is -3.98. The van der Waals surface area contributed by atoms with Gasteiger partial charge in [-0.05, 0) is 38.1 Å². The number of rotatable bonds is 6. The molecule has 1 aromatic heterocycles. The van der Waals surface area contributed by atoms with E-state index in [2.05, 4.69) is 5.32 Å². The fourth-order valence-corrected chi connectivity index (χ4v) is 2.48. The molecule has 0 aliphatic heterocycles. The maximum Gasteiger partial charge on any atom is 0.389 e. The molecular weight excluding hydrogens is 247 g/mol. The number of hydrogen-bond acceptors (Lipinski definition) is 2. The van der Waals surface area contributed by atoms with Crippen LogP contribution in [0.1, 0.15) is 44.0 Å². The van der Waals surface area contributed by atoms with Crippen LogP contribution in [0.25, 0.3) is 0 Å². The molecule has 1 aromatic rings. The summed E-state index contributed by atoms with van der Waals surface area (Å²) < 4.78 is 35.9. The van der Waals surface area contributed by atoms with Crippen LogP contribution in [-0.4, -0.2) is 12.2 Å². The number of halogens is 3. The van der Waals surface area contributed by atoms with Crippen LogP contribution in [-0.2, 0) is 0 Å². The normalized spacial score (nSPS) is 15.8. The summed E-state index contributed by atoms with van der Waals surface area (Å²) in [5.74, 6) is 0. The Kier molecular flexibility index (Phi) is 5.46. The maximum absolute atomic E-state index is 12.0. The third-order valence-corrected chi connectivity index (χ3v) is 3.66. The average molecular weight is 265 g/mol. The molecule has 0 aliphatic rings. The molecule has 0 aromatic carbocycles. The van der Waals surface area contributed by atoms with Crippen molar-refractivity contribution < 1.29 is 13.2 Å².